The van der Waals surface area contributed by atoms with Gasteiger partial charge in [-0.25, -0.2) is 8.42 Å². The number of nitrogens with zero attached hydrogens (tertiary/aromatic N) is 2. The molecular formula is C12H15N3O3S2. The summed E-state index contributed by atoms with van der Waals surface area (Å²) in [7, 11) is -3.29. The molecule has 0 unspecified atom stereocenters. The van der Waals surface area contributed by atoms with Crippen LogP contribution in [0.15, 0.2) is 30.3 Å². The molecule has 0 aliphatic heterocycles. The summed E-state index contributed by atoms with van der Waals surface area (Å²) in [6.45, 7) is 0.582. The number of aryl methyl sites for hydroxylation is 1. The van der Waals surface area contributed by atoms with Gasteiger partial charge in [-0.05, 0) is 18.6 Å². The molecule has 20 heavy (non-hydrogen) atoms. The van der Waals surface area contributed by atoms with Crippen LogP contribution in [-0.2, 0) is 16.4 Å². The van der Waals surface area contributed by atoms with E-state index in [1.807, 2.05) is 30.3 Å². The second kappa shape index (κ2) is 6.67. The summed E-state index contributed by atoms with van der Waals surface area (Å²) in [4.78, 5) is 0. The molecular weight excluding hydrogens is 298 g/mol. The second-order valence-electron chi connectivity index (χ2n) is 4.14. The van der Waals surface area contributed by atoms with Crippen molar-refractivity contribution in [1.29, 1.82) is 0 Å². The maximum atomic E-state index is 11.0. The Balaban J connectivity index is 1.75. The van der Waals surface area contributed by atoms with E-state index in [9.17, 15) is 8.42 Å². The van der Waals surface area contributed by atoms with Crippen LogP contribution in [0.1, 0.15) is 11.4 Å². The standard InChI is InChI=1S/C12H15N3O3S2/c1-20(16,17)15-12-14-13-11(19-12)8-5-9-18-10-6-3-2-4-7-10/h2-4,6-7H,5,8-9H2,1H3,(H,14,15). The van der Waals surface area contributed by atoms with Gasteiger partial charge in [0.15, 0.2) is 0 Å². The van der Waals surface area contributed by atoms with Crippen LogP contribution in [0.25, 0.3) is 0 Å². The Bertz CT molecular complexity index is 641. The molecule has 6 nitrogen and oxygen atoms in total. The van der Waals surface area contributed by atoms with Gasteiger partial charge in [0.1, 0.15) is 10.8 Å². The van der Waals surface area contributed by atoms with Crippen molar-refractivity contribution in [3.8, 4) is 5.75 Å². The van der Waals surface area contributed by atoms with E-state index >= 15 is 0 Å². The molecule has 0 spiro atoms. The van der Waals surface area contributed by atoms with E-state index in [1.54, 1.807) is 0 Å². The number of rotatable bonds is 7. The van der Waals surface area contributed by atoms with Crippen LogP contribution < -0.4 is 9.46 Å². The van der Waals surface area contributed by atoms with Crippen molar-refractivity contribution in [2.75, 3.05) is 17.6 Å². The Morgan fingerprint density at radius 3 is 2.70 bits per heavy atom. The molecule has 2 rings (SSSR count). The normalized spacial score (nSPS) is 11.2. The summed E-state index contributed by atoms with van der Waals surface area (Å²) in [5.41, 5.74) is 0. The minimum absolute atomic E-state index is 0.298. The molecule has 0 fully saturated rings. The quantitative estimate of drug-likeness (QED) is 0.790. The molecule has 0 aliphatic rings. The van der Waals surface area contributed by atoms with Gasteiger partial charge >= 0.3 is 0 Å². The molecule has 8 heteroatoms. The molecule has 1 heterocycles. The van der Waals surface area contributed by atoms with Crippen LogP contribution >= 0.6 is 11.3 Å². The monoisotopic (exact) mass is 313 g/mol. The fourth-order valence-electron chi connectivity index (χ4n) is 1.48. The van der Waals surface area contributed by atoms with Gasteiger partial charge in [-0.15, -0.1) is 10.2 Å². The van der Waals surface area contributed by atoms with Crippen molar-refractivity contribution in [3.05, 3.63) is 35.3 Å². The SMILES string of the molecule is CS(=O)(=O)Nc1nnc(CCCOc2ccccc2)s1. The van der Waals surface area contributed by atoms with E-state index in [4.69, 9.17) is 4.74 Å². The summed E-state index contributed by atoms with van der Waals surface area (Å²) in [6, 6.07) is 9.58. The van der Waals surface area contributed by atoms with Crippen molar-refractivity contribution in [3.63, 3.8) is 0 Å². The minimum atomic E-state index is -3.29. The second-order valence-corrected chi connectivity index (χ2v) is 6.95. The number of aromatic nitrogens is 2. The average Bonchev–Trinajstić information content (AvgIpc) is 2.81. The fraction of sp³-hybridized carbons (Fsp3) is 0.333. The molecule has 108 valence electrons. The van der Waals surface area contributed by atoms with E-state index in [0.717, 1.165) is 23.4 Å². The topological polar surface area (TPSA) is 81.2 Å². The third-order valence-electron chi connectivity index (χ3n) is 2.29. The highest BCUT2D eigenvalue weighted by molar-refractivity contribution is 7.92. The third kappa shape index (κ3) is 5.14. The molecule has 0 radical (unpaired) electrons. The number of para-hydroxylation sites is 1. The largest absolute Gasteiger partial charge is 0.494 e. The first kappa shape index (κ1) is 14.7. The molecule has 0 atom stereocenters. The van der Waals surface area contributed by atoms with Crippen LogP contribution in [0.3, 0.4) is 0 Å². The number of hydrogen-bond acceptors (Lipinski definition) is 6. The molecule has 1 aromatic heterocycles. The highest BCUT2D eigenvalue weighted by Gasteiger charge is 2.08. The lowest BCUT2D eigenvalue weighted by molar-refractivity contribution is 0.311. The first-order valence-corrected chi connectivity index (χ1v) is 8.72. The van der Waals surface area contributed by atoms with Crippen LogP contribution in [0.4, 0.5) is 5.13 Å². The summed E-state index contributed by atoms with van der Waals surface area (Å²) >= 11 is 1.24. The average molecular weight is 313 g/mol. The van der Waals surface area contributed by atoms with E-state index in [2.05, 4.69) is 14.9 Å². The van der Waals surface area contributed by atoms with Crippen LogP contribution in [0.2, 0.25) is 0 Å². The zero-order chi connectivity index (χ0) is 14.4. The van der Waals surface area contributed by atoms with Crippen LogP contribution in [0, 0.1) is 0 Å². The third-order valence-corrected chi connectivity index (χ3v) is 3.88. The van der Waals surface area contributed by atoms with Gasteiger partial charge in [-0.1, -0.05) is 29.5 Å². The fourth-order valence-corrected chi connectivity index (χ4v) is 3.10. The van der Waals surface area contributed by atoms with Gasteiger partial charge in [-0.3, -0.25) is 4.72 Å². The van der Waals surface area contributed by atoms with E-state index in [0.29, 0.717) is 18.2 Å². The van der Waals surface area contributed by atoms with Crippen molar-refractivity contribution >= 4 is 26.5 Å². The van der Waals surface area contributed by atoms with Crippen molar-refractivity contribution in [2.45, 2.75) is 12.8 Å². The van der Waals surface area contributed by atoms with Crippen LogP contribution in [0.5, 0.6) is 5.75 Å². The lowest BCUT2D eigenvalue weighted by Gasteiger charge is -2.04. The first-order chi connectivity index (χ1) is 9.53. The summed E-state index contributed by atoms with van der Waals surface area (Å²) in [5.74, 6) is 0.837. The maximum Gasteiger partial charge on any atom is 0.231 e. The Kier molecular flexibility index (Phi) is 4.91. The van der Waals surface area contributed by atoms with E-state index in [-0.39, 0.29) is 0 Å². The predicted octanol–water partition coefficient (Wildman–Crippen LogP) is 1.92. The van der Waals surface area contributed by atoms with Gasteiger partial charge in [-0.2, -0.15) is 0 Å². The molecule has 0 bridgehead atoms. The Hall–Kier alpha value is -1.67. The summed E-state index contributed by atoms with van der Waals surface area (Å²) in [6.07, 6.45) is 2.58. The summed E-state index contributed by atoms with van der Waals surface area (Å²) < 4.78 is 29.9. The Labute approximate surface area is 121 Å². The zero-order valence-corrected chi connectivity index (χ0v) is 12.6. The number of nitrogens with one attached hydrogen (secondary N) is 1. The lowest BCUT2D eigenvalue weighted by atomic mass is 10.3. The minimum Gasteiger partial charge on any atom is -0.494 e. The highest BCUT2D eigenvalue weighted by Crippen LogP contribution is 2.17. The van der Waals surface area contributed by atoms with Gasteiger partial charge in [0.05, 0.1) is 12.9 Å². The number of benzene rings is 1. The molecule has 0 aliphatic carbocycles. The molecule has 2 aromatic rings. The highest BCUT2D eigenvalue weighted by atomic mass is 32.2. The number of ether oxygens (including phenoxy) is 1. The number of anilines is 1. The maximum absolute atomic E-state index is 11.0. The zero-order valence-electron chi connectivity index (χ0n) is 10.9. The van der Waals surface area contributed by atoms with Crippen molar-refractivity contribution in [1.82, 2.24) is 10.2 Å². The predicted molar refractivity (Wildman–Crippen MR) is 78.6 cm³/mol. The van der Waals surface area contributed by atoms with Gasteiger partial charge in [0.2, 0.25) is 15.2 Å². The van der Waals surface area contributed by atoms with E-state index in [1.165, 1.54) is 11.3 Å². The first-order valence-electron chi connectivity index (χ1n) is 6.01. The van der Waals surface area contributed by atoms with Gasteiger partial charge < -0.3 is 4.74 Å². The molecule has 1 aromatic carbocycles. The van der Waals surface area contributed by atoms with Crippen molar-refractivity contribution < 1.29 is 13.2 Å². The molecule has 0 amide bonds. The van der Waals surface area contributed by atoms with Gasteiger partial charge in [0, 0.05) is 6.42 Å². The number of sulfonamides is 1. The molecule has 1 N–H and O–H groups in total. The summed E-state index contributed by atoms with van der Waals surface area (Å²) in [5, 5.41) is 8.79. The Morgan fingerprint density at radius 1 is 1.25 bits per heavy atom. The van der Waals surface area contributed by atoms with Crippen molar-refractivity contribution in [2.24, 2.45) is 0 Å². The Morgan fingerprint density at radius 2 is 2.00 bits per heavy atom. The molecule has 0 saturated carbocycles. The smallest absolute Gasteiger partial charge is 0.231 e. The molecule has 0 saturated heterocycles. The lowest BCUT2D eigenvalue weighted by Crippen LogP contribution is -2.08. The van der Waals surface area contributed by atoms with Crippen LogP contribution in [-0.4, -0.2) is 31.5 Å². The number of hydrogen-bond donors (Lipinski definition) is 1. The van der Waals surface area contributed by atoms with E-state index < -0.39 is 10.0 Å². The van der Waals surface area contributed by atoms with Gasteiger partial charge in [0.25, 0.3) is 0 Å².